The SMILES string of the molecule is O=Cc1csc2c(CBr)ccc(Br)c12. The fraction of sp³-hybridized carbons (Fsp3) is 0.100. The molecule has 1 nitrogen and oxygen atoms in total. The maximum Gasteiger partial charge on any atom is 0.151 e. The summed E-state index contributed by atoms with van der Waals surface area (Å²) >= 11 is 8.51. The van der Waals surface area contributed by atoms with Crippen molar-refractivity contribution >= 4 is 59.6 Å². The summed E-state index contributed by atoms with van der Waals surface area (Å²) < 4.78 is 2.17. The van der Waals surface area contributed by atoms with Gasteiger partial charge in [-0.3, -0.25) is 4.79 Å². The third-order valence-electron chi connectivity index (χ3n) is 2.05. The first-order valence-electron chi connectivity index (χ1n) is 3.97. The minimum absolute atomic E-state index is 0.764. The van der Waals surface area contributed by atoms with E-state index in [1.807, 2.05) is 11.4 Å². The van der Waals surface area contributed by atoms with E-state index in [-0.39, 0.29) is 0 Å². The van der Waals surface area contributed by atoms with Crippen LogP contribution >= 0.6 is 43.2 Å². The summed E-state index contributed by atoms with van der Waals surface area (Å²) in [5, 5.41) is 3.74. The minimum atomic E-state index is 0.764. The van der Waals surface area contributed by atoms with Crippen LogP contribution in [0.5, 0.6) is 0 Å². The molecule has 0 fully saturated rings. The molecular formula is C10H6Br2OS. The molecule has 1 heterocycles. The molecular weight excluding hydrogens is 328 g/mol. The van der Waals surface area contributed by atoms with Gasteiger partial charge in [-0.2, -0.15) is 0 Å². The molecule has 0 amide bonds. The van der Waals surface area contributed by atoms with Crippen molar-refractivity contribution in [1.82, 2.24) is 0 Å². The Morgan fingerprint density at radius 2 is 2.21 bits per heavy atom. The van der Waals surface area contributed by atoms with Gasteiger partial charge in [-0.1, -0.05) is 37.9 Å². The maximum absolute atomic E-state index is 10.8. The van der Waals surface area contributed by atoms with Gasteiger partial charge in [0.25, 0.3) is 0 Å². The van der Waals surface area contributed by atoms with E-state index in [1.165, 1.54) is 10.3 Å². The maximum atomic E-state index is 10.8. The quantitative estimate of drug-likeness (QED) is 0.589. The van der Waals surface area contributed by atoms with Crippen LogP contribution in [0, 0.1) is 0 Å². The largest absolute Gasteiger partial charge is 0.298 e. The van der Waals surface area contributed by atoms with Crippen LogP contribution in [0.3, 0.4) is 0 Å². The molecule has 0 atom stereocenters. The lowest BCUT2D eigenvalue weighted by molar-refractivity contribution is 0.112. The Balaban J connectivity index is 2.86. The summed E-state index contributed by atoms with van der Waals surface area (Å²) in [4.78, 5) is 10.8. The Hall–Kier alpha value is -0.190. The molecule has 0 aliphatic rings. The molecule has 0 saturated heterocycles. The van der Waals surface area contributed by atoms with Gasteiger partial charge in [0.15, 0.2) is 6.29 Å². The molecule has 72 valence electrons. The van der Waals surface area contributed by atoms with Crippen LogP contribution in [0.4, 0.5) is 0 Å². The van der Waals surface area contributed by atoms with Crippen LogP contribution in [0.25, 0.3) is 10.1 Å². The predicted octanol–water partition coefficient (Wildman–Crippen LogP) is 4.37. The second-order valence-electron chi connectivity index (χ2n) is 2.85. The number of hydrogen-bond donors (Lipinski definition) is 0. The smallest absolute Gasteiger partial charge is 0.151 e. The number of hydrogen-bond acceptors (Lipinski definition) is 2. The molecule has 0 aliphatic carbocycles. The van der Waals surface area contributed by atoms with E-state index in [0.717, 1.165) is 27.0 Å². The predicted molar refractivity (Wildman–Crippen MR) is 67.5 cm³/mol. The number of carbonyl (C=O) groups excluding carboxylic acids is 1. The second kappa shape index (κ2) is 4.13. The van der Waals surface area contributed by atoms with Gasteiger partial charge in [0.2, 0.25) is 0 Å². The second-order valence-corrected chi connectivity index (χ2v) is 5.15. The summed E-state index contributed by atoms with van der Waals surface area (Å²) in [6, 6.07) is 4.05. The topological polar surface area (TPSA) is 17.1 Å². The molecule has 0 aliphatic heterocycles. The van der Waals surface area contributed by atoms with Crippen LogP contribution in [0.1, 0.15) is 15.9 Å². The fourth-order valence-corrected chi connectivity index (χ4v) is 3.78. The average Bonchev–Trinajstić information content (AvgIpc) is 2.63. The lowest BCUT2D eigenvalue weighted by Gasteiger charge is -2.00. The number of thiophene rings is 1. The highest BCUT2D eigenvalue weighted by Gasteiger charge is 2.09. The summed E-state index contributed by atoms with van der Waals surface area (Å²) in [6.07, 6.45) is 0.904. The standard InChI is InChI=1S/C10H6Br2OS/c11-3-6-1-2-8(12)9-7(4-13)5-14-10(6)9/h1-2,4-5H,3H2. The van der Waals surface area contributed by atoms with Gasteiger partial charge in [-0.15, -0.1) is 11.3 Å². The van der Waals surface area contributed by atoms with Gasteiger partial charge in [-0.25, -0.2) is 0 Å². The van der Waals surface area contributed by atoms with E-state index in [4.69, 9.17) is 0 Å². The number of fused-ring (bicyclic) bond motifs is 1. The van der Waals surface area contributed by atoms with Gasteiger partial charge < -0.3 is 0 Å². The van der Waals surface area contributed by atoms with Crippen molar-refractivity contribution < 1.29 is 4.79 Å². The molecule has 0 N–H and O–H groups in total. The Kier molecular flexibility index (Phi) is 3.04. The molecule has 1 aromatic carbocycles. The molecule has 2 rings (SSSR count). The Morgan fingerprint density at radius 1 is 1.43 bits per heavy atom. The molecule has 0 radical (unpaired) electrons. The zero-order valence-electron chi connectivity index (χ0n) is 7.09. The van der Waals surface area contributed by atoms with E-state index >= 15 is 0 Å². The van der Waals surface area contributed by atoms with Gasteiger partial charge in [0.1, 0.15) is 0 Å². The van der Waals surface area contributed by atoms with Crippen molar-refractivity contribution in [2.75, 3.05) is 0 Å². The molecule has 4 heteroatoms. The molecule has 0 saturated carbocycles. The molecule has 1 aromatic heterocycles. The van der Waals surface area contributed by atoms with E-state index in [0.29, 0.717) is 0 Å². The zero-order chi connectivity index (χ0) is 10.1. The van der Waals surface area contributed by atoms with Gasteiger partial charge >= 0.3 is 0 Å². The fourth-order valence-electron chi connectivity index (χ4n) is 1.38. The number of aldehydes is 1. The molecule has 14 heavy (non-hydrogen) atoms. The Labute approximate surface area is 102 Å². The van der Waals surface area contributed by atoms with E-state index in [1.54, 1.807) is 11.3 Å². The van der Waals surface area contributed by atoms with E-state index < -0.39 is 0 Å². The first-order valence-corrected chi connectivity index (χ1v) is 6.77. The summed E-state index contributed by atoms with van der Waals surface area (Å²) in [6.45, 7) is 0. The number of rotatable bonds is 2. The molecule has 0 spiro atoms. The van der Waals surface area contributed by atoms with E-state index in [2.05, 4.69) is 37.9 Å². The Morgan fingerprint density at radius 3 is 2.86 bits per heavy atom. The first kappa shape index (κ1) is 10.3. The van der Waals surface area contributed by atoms with Gasteiger partial charge in [0, 0.05) is 30.8 Å². The van der Waals surface area contributed by atoms with Crippen LogP contribution in [-0.2, 0) is 5.33 Å². The lowest BCUT2D eigenvalue weighted by atomic mass is 10.1. The lowest BCUT2D eigenvalue weighted by Crippen LogP contribution is -1.81. The molecule has 2 aromatic rings. The van der Waals surface area contributed by atoms with Gasteiger partial charge in [-0.05, 0) is 11.6 Å². The first-order chi connectivity index (χ1) is 6.77. The number of alkyl halides is 1. The van der Waals surface area contributed by atoms with Crippen LogP contribution in [0.15, 0.2) is 22.0 Å². The van der Waals surface area contributed by atoms with Crippen molar-refractivity contribution in [1.29, 1.82) is 0 Å². The Bertz CT molecular complexity index is 490. The van der Waals surface area contributed by atoms with E-state index in [9.17, 15) is 4.79 Å². The van der Waals surface area contributed by atoms with Crippen molar-refractivity contribution in [2.45, 2.75) is 5.33 Å². The summed E-state index contributed by atoms with van der Waals surface area (Å²) in [5.41, 5.74) is 1.99. The third kappa shape index (κ3) is 1.55. The van der Waals surface area contributed by atoms with Crippen molar-refractivity contribution in [3.05, 3.63) is 33.1 Å². The zero-order valence-corrected chi connectivity index (χ0v) is 11.1. The average molecular weight is 334 g/mol. The molecule has 0 bridgehead atoms. The van der Waals surface area contributed by atoms with Crippen molar-refractivity contribution in [3.63, 3.8) is 0 Å². The number of benzene rings is 1. The van der Waals surface area contributed by atoms with Crippen molar-refractivity contribution in [3.8, 4) is 0 Å². The molecule has 0 unspecified atom stereocenters. The summed E-state index contributed by atoms with van der Waals surface area (Å²) in [7, 11) is 0. The number of halogens is 2. The highest BCUT2D eigenvalue weighted by atomic mass is 79.9. The normalized spacial score (nSPS) is 10.7. The minimum Gasteiger partial charge on any atom is -0.298 e. The van der Waals surface area contributed by atoms with Crippen LogP contribution in [0.2, 0.25) is 0 Å². The van der Waals surface area contributed by atoms with Crippen LogP contribution < -0.4 is 0 Å². The van der Waals surface area contributed by atoms with Crippen molar-refractivity contribution in [2.24, 2.45) is 0 Å². The number of carbonyl (C=O) groups is 1. The third-order valence-corrected chi connectivity index (χ3v) is 4.39. The highest BCUT2D eigenvalue weighted by Crippen LogP contribution is 2.34. The van der Waals surface area contributed by atoms with Gasteiger partial charge in [0.05, 0.1) is 0 Å². The highest BCUT2D eigenvalue weighted by molar-refractivity contribution is 9.10. The monoisotopic (exact) mass is 332 g/mol. The summed E-state index contributed by atoms with van der Waals surface area (Å²) in [5.74, 6) is 0. The van der Waals surface area contributed by atoms with Crippen LogP contribution in [-0.4, -0.2) is 6.29 Å².